The maximum atomic E-state index is 5.95. The van der Waals surface area contributed by atoms with E-state index in [1.165, 1.54) is 31.4 Å². The van der Waals surface area contributed by atoms with Gasteiger partial charge in [-0.3, -0.25) is 0 Å². The molecule has 88 valence electrons. The number of hydrogen-bond acceptors (Lipinski definition) is 2. The second kappa shape index (κ2) is 3.88. The van der Waals surface area contributed by atoms with E-state index in [-0.39, 0.29) is 6.04 Å². The van der Waals surface area contributed by atoms with Gasteiger partial charge in [0.2, 0.25) is 0 Å². The fraction of sp³-hybridized carbons (Fsp3) is 0.769. The van der Waals surface area contributed by atoms with Crippen LogP contribution in [-0.4, -0.2) is 9.55 Å². The van der Waals surface area contributed by atoms with Gasteiger partial charge < -0.3 is 10.3 Å². The summed E-state index contributed by atoms with van der Waals surface area (Å²) >= 11 is 0. The molecule has 3 nitrogen and oxygen atoms in total. The highest BCUT2D eigenvalue weighted by Crippen LogP contribution is 2.48. The average Bonchev–Trinajstić information content (AvgIpc) is 2.91. The average molecular weight is 219 g/mol. The minimum Gasteiger partial charge on any atom is -0.333 e. The van der Waals surface area contributed by atoms with Crippen molar-refractivity contribution in [2.24, 2.45) is 23.5 Å². The van der Waals surface area contributed by atoms with E-state index in [1.807, 2.05) is 19.4 Å². The molecule has 1 heterocycles. The molecule has 1 aromatic heterocycles. The molecule has 3 heteroatoms. The van der Waals surface area contributed by atoms with Crippen LogP contribution >= 0.6 is 0 Å². The van der Waals surface area contributed by atoms with Gasteiger partial charge in [0.05, 0.1) is 12.0 Å². The molecule has 0 aliphatic heterocycles. The van der Waals surface area contributed by atoms with Crippen molar-refractivity contribution in [3.8, 4) is 0 Å². The van der Waals surface area contributed by atoms with Gasteiger partial charge in [-0.2, -0.15) is 0 Å². The van der Waals surface area contributed by atoms with Crippen molar-refractivity contribution in [3.63, 3.8) is 0 Å². The number of aromatic nitrogens is 2. The SMILES string of the molecule is C[C@@H](N)c1cncn1CC1CC2CCC1C2. The maximum absolute atomic E-state index is 5.95. The third-order valence-electron chi connectivity index (χ3n) is 4.53. The molecule has 2 fully saturated rings. The number of nitrogens with zero attached hydrogens (tertiary/aromatic N) is 2. The standard InChI is InChI=1S/C13H21N3/c1-9(14)13-6-15-8-16(13)7-12-5-10-2-3-11(12)4-10/h6,8-12H,2-5,7,14H2,1H3/t9-,10?,11?,12?/m1/s1. The summed E-state index contributed by atoms with van der Waals surface area (Å²) in [4.78, 5) is 4.23. The van der Waals surface area contributed by atoms with Crippen LogP contribution in [-0.2, 0) is 6.54 Å². The second-order valence-corrected chi connectivity index (χ2v) is 5.69. The Morgan fingerprint density at radius 2 is 2.38 bits per heavy atom. The summed E-state index contributed by atoms with van der Waals surface area (Å²) in [7, 11) is 0. The molecule has 2 saturated carbocycles. The monoisotopic (exact) mass is 219 g/mol. The summed E-state index contributed by atoms with van der Waals surface area (Å²) in [5, 5.41) is 0. The van der Waals surface area contributed by atoms with Crippen LogP contribution < -0.4 is 5.73 Å². The Kier molecular flexibility index (Phi) is 2.51. The normalized spacial score (nSPS) is 34.5. The first-order valence-corrected chi connectivity index (χ1v) is 6.49. The first kappa shape index (κ1) is 10.3. The molecule has 0 spiro atoms. The van der Waals surface area contributed by atoms with Crippen LogP contribution in [0.15, 0.2) is 12.5 Å². The lowest BCUT2D eigenvalue weighted by Gasteiger charge is -2.23. The Morgan fingerprint density at radius 3 is 3.00 bits per heavy atom. The first-order chi connectivity index (χ1) is 7.74. The molecule has 2 aliphatic rings. The lowest BCUT2D eigenvalue weighted by Crippen LogP contribution is -2.20. The molecular formula is C13H21N3. The maximum Gasteiger partial charge on any atom is 0.0948 e. The molecule has 0 saturated heterocycles. The summed E-state index contributed by atoms with van der Waals surface area (Å²) in [6, 6.07) is 0.0982. The Labute approximate surface area is 97.0 Å². The Bertz CT molecular complexity index is 369. The van der Waals surface area contributed by atoms with E-state index in [9.17, 15) is 0 Å². The molecule has 0 radical (unpaired) electrons. The highest BCUT2D eigenvalue weighted by atomic mass is 15.1. The van der Waals surface area contributed by atoms with E-state index >= 15 is 0 Å². The summed E-state index contributed by atoms with van der Waals surface area (Å²) in [6.45, 7) is 3.17. The van der Waals surface area contributed by atoms with Gasteiger partial charge in [0.25, 0.3) is 0 Å². The number of nitrogens with two attached hydrogens (primary N) is 1. The second-order valence-electron chi connectivity index (χ2n) is 5.69. The molecule has 2 aliphatic carbocycles. The van der Waals surface area contributed by atoms with Crippen molar-refractivity contribution < 1.29 is 0 Å². The summed E-state index contributed by atoms with van der Waals surface area (Å²) in [5.74, 6) is 2.89. The summed E-state index contributed by atoms with van der Waals surface area (Å²) in [5.41, 5.74) is 7.13. The number of fused-ring (bicyclic) bond motifs is 2. The van der Waals surface area contributed by atoms with Gasteiger partial charge in [-0.05, 0) is 43.9 Å². The lowest BCUT2D eigenvalue weighted by atomic mass is 9.89. The van der Waals surface area contributed by atoms with Crippen molar-refractivity contribution in [1.29, 1.82) is 0 Å². The highest BCUT2D eigenvalue weighted by molar-refractivity contribution is 5.04. The van der Waals surface area contributed by atoms with Gasteiger partial charge in [-0.1, -0.05) is 6.42 Å². The van der Waals surface area contributed by atoms with Crippen LogP contribution in [0.1, 0.15) is 44.3 Å². The molecule has 2 N–H and O–H groups in total. The van der Waals surface area contributed by atoms with E-state index in [4.69, 9.17) is 5.73 Å². The fourth-order valence-corrected chi connectivity index (χ4v) is 3.72. The van der Waals surface area contributed by atoms with Gasteiger partial charge >= 0.3 is 0 Å². The van der Waals surface area contributed by atoms with Gasteiger partial charge in [0.15, 0.2) is 0 Å². The van der Waals surface area contributed by atoms with Crippen LogP contribution in [0.5, 0.6) is 0 Å². The van der Waals surface area contributed by atoms with Crippen LogP contribution in [0.3, 0.4) is 0 Å². The predicted octanol–water partition coefficient (Wildman–Crippen LogP) is 2.34. The molecule has 0 aromatic carbocycles. The van der Waals surface area contributed by atoms with Gasteiger partial charge in [0.1, 0.15) is 0 Å². The molecule has 3 unspecified atom stereocenters. The van der Waals surface area contributed by atoms with Gasteiger partial charge in [0, 0.05) is 18.8 Å². The van der Waals surface area contributed by atoms with Crippen molar-refractivity contribution >= 4 is 0 Å². The minimum atomic E-state index is 0.0982. The van der Waals surface area contributed by atoms with E-state index in [0.717, 1.165) is 24.3 Å². The van der Waals surface area contributed by atoms with E-state index in [0.29, 0.717) is 0 Å². The predicted molar refractivity (Wildman–Crippen MR) is 63.8 cm³/mol. The smallest absolute Gasteiger partial charge is 0.0948 e. The quantitative estimate of drug-likeness (QED) is 0.848. The number of hydrogen-bond donors (Lipinski definition) is 1. The van der Waals surface area contributed by atoms with Crippen LogP contribution in [0.4, 0.5) is 0 Å². The third-order valence-corrected chi connectivity index (χ3v) is 4.53. The molecular weight excluding hydrogens is 198 g/mol. The molecule has 0 amide bonds. The van der Waals surface area contributed by atoms with Gasteiger partial charge in [-0.25, -0.2) is 4.98 Å². The zero-order valence-corrected chi connectivity index (χ0v) is 9.97. The van der Waals surface area contributed by atoms with Crippen LogP contribution in [0, 0.1) is 17.8 Å². The van der Waals surface area contributed by atoms with Crippen molar-refractivity contribution in [2.45, 2.75) is 45.2 Å². The zero-order chi connectivity index (χ0) is 11.1. The Morgan fingerprint density at radius 1 is 1.50 bits per heavy atom. The summed E-state index contributed by atoms with van der Waals surface area (Å²) in [6.07, 6.45) is 9.71. The van der Waals surface area contributed by atoms with E-state index in [1.54, 1.807) is 0 Å². The zero-order valence-electron chi connectivity index (χ0n) is 9.97. The minimum absolute atomic E-state index is 0.0982. The van der Waals surface area contributed by atoms with Crippen LogP contribution in [0.2, 0.25) is 0 Å². The first-order valence-electron chi connectivity index (χ1n) is 6.49. The van der Waals surface area contributed by atoms with Crippen LogP contribution in [0.25, 0.3) is 0 Å². The Balaban J connectivity index is 1.72. The van der Waals surface area contributed by atoms with E-state index < -0.39 is 0 Å². The molecule has 3 rings (SSSR count). The lowest BCUT2D eigenvalue weighted by molar-refractivity contribution is 0.292. The highest BCUT2D eigenvalue weighted by Gasteiger charge is 2.39. The topological polar surface area (TPSA) is 43.8 Å². The molecule has 16 heavy (non-hydrogen) atoms. The third kappa shape index (κ3) is 1.67. The Hall–Kier alpha value is -0.830. The molecule has 1 aromatic rings. The van der Waals surface area contributed by atoms with Gasteiger partial charge in [-0.15, -0.1) is 0 Å². The summed E-state index contributed by atoms with van der Waals surface area (Å²) < 4.78 is 2.27. The van der Waals surface area contributed by atoms with Crippen molar-refractivity contribution in [2.75, 3.05) is 0 Å². The largest absolute Gasteiger partial charge is 0.333 e. The number of imidazole rings is 1. The van der Waals surface area contributed by atoms with Crippen molar-refractivity contribution in [3.05, 3.63) is 18.2 Å². The fourth-order valence-electron chi connectivity index (χ4n) is 3.72. The van der Waals surface area contributed by atoms with Crippen molar-refractivity contribution in [1.82, 2.24) is 9.55 Å². The number of rotatable bonds is 3. The van der Waals surface area contributed by atoms with E-state index in [2.05, 4.69) is 9.55 Å². The molecule has 4 atom stereocenters. The molecule has 2 bridgehead atoms.